The van der Waals surface area contributed by atoms with Crippen LogP contribution in [0.15, 0.2) is 35.8 Å². The van der Waals surface area contributed by atoms with Crippen molar-refractivity contribution in [2.75, 3.05) is 16.8 Å². The number of hydrogen-bond donors (Lipinski definition) is 2. The molecular formula is C14H13FN4O2S. The van der Waals surface area contributed by atoms with Crippen LogP contribution in [0.4, 0.5) is 20.0 Å². The number of amides is 3. The monoisotopic (exact) mass is 320 g/mol. The van der Waals surface area contributed by atoms with Gasteiger partial charge in [-0.25, -0.2) is 14.2 Å². The van der Waals surface area contributed by atoms with E-state index in [0.29, 0.717) is 17.4 Å². The lowest BCUT2D eigenvalue weighted by atomic mass is 10.2. The fourth-order valence-electron chi connectivity index (χ4n) is 2.28. The number of anilines is 2. The Morgan fingerprint density at radius 1 is 1.36 bits per heavy atom. The van der Waals surface area contributed by atoms with Crippen LogP contribution in [0.2, 0.25) is 0 Å². The van der Waals surface area contributed by atoms with Gasteiger partial charge in [-0.3, -0.25) is 10.1 Å². The minimum Gasteiger partial charge on any atom is -0.333 e. The van der Waals surface area contributed by atoms with Gasteiger partial charge in [-0.1, -0.05) is 0 Å². The lowest BCUT2D eigenvalue weighted by molar-refractivity contribution is -0.117. The van der Waals surface area contributed by atoms with Crippen molar-refractivity contribution in [3.8, 4) is 0 Å². The number of nitrogens with zero attached hydrogens (tertiary/aromatic N) is 2. The number of benzene rings is 1. The molecule has 0 radical (unpaired) electrons. The lowest BCUT2D eigenvalue weighted by Gasteiger charge is -2.17. The Morgan fingerprint density at radius 3 is 2.82 bits per heavy atom. The van der Waals surface area contributed by atoms with Crippen molar-refractivity contribution in [1.29, 1.82) is 0 Å². The van der Waals surface area contributed by atoms with Gasteiger partial charge in [-0.05, 0) is 24.3 Å². The van der Waals surface area contributed by atoms with Crippen molar-refractivity contribution in [2.24, 2.45) is 0 Å². The van der Waals surface area contributed by atoms with Crippen molar-refractivity contribution in [3.05, 3.63) is 41.7 Å². The van der Waals surface area contributed by atoms with Gasteiger partial charge < -0.3 is 10.2 Å². The van der Waals surface area contributed by atoms with E-state index in [0.717, 1.165) is 0 Å². The van der Waals surface area contributed by atoms with Gasteiger partial charge in [0.15, 0.2) is 5.13 Å². The van der Waals surface area contributed by atoms with Crippen LogP contribution in [0.5, 0.6) is 0 Å². The van der Waals surface area contributed by atoms with E-state index < -0.39 is 6.03 Å². The largest absolute Gasteiger partial charge is 0.333 e. The summed E-state index contributed by atoms with van der Waals surface area (Å²) in [4.78, 5) is 29.3. The molecule has 1 aliphatic heterocycles. The second-order valence-electron chi connectivity index (χ2n) is 4.82. The van der Waals surface area contributed by atoms with E-state index in [2.05, 4.69) is 15.6 Å². The van der Waals surface area contributed by atoms with E-state index in [1.165, 1.54) is 28.4 Å². The van der Waals surface area contributed by atoms with Crippen LogP contribution in [-0.2, 0) is 4.79 Å². The van der Waals surface area contributed by atoms with E-state index in [9.17, 15) is 14.0 Å². The summed E-state index contributed by atoms with van der Waals surface area (Å²) in [7, 11) is 0. The molecule has 6 nitrogen and oxygen atoms in total. The molecule has 0 spiro atoms. The molecule has 114 valence electrons. The number of aromatic nitrogens is 1. The molecular weight excluding hydrogens is 307 g/mol. The van der Waals surface area contributed by atoms with Crippen molar-refractivity contribution < 1.29 is 14.0 Å². The van der Waals surface area contributed by atoms with Crippen LogP contribution >= 0.6 is 11.3 Å². The molecule has 3 amide bonds. The molecule has 0 bridgehead atoms. The molecule has 1 aromatic heterocycles. The molecule has 22 heavy (non-hydrogen) atoms. The summed E-state index contributed by atoms with van der Waals surface area (Å²) in [5.74, 6) is -0.459. The molecule has 2 N–H and O–H groups in total. The first-order valence-corrected chi connectivity index (χ1v) is 7.53. The third-order valence-electron chi connectivity index (χ3n) is 3.25. The highest BCUT2D eigenvalue weighted by Crippen LogP contribution is 2.22. The Bertz CT molecular complexity index is 675. The summed E-state index contributed by atoms with van der Waals surface area (Å²) < 4.78 is 12.9. The Balaban J connectivity index is 1.59. The Kier molecular flexibility index (Phi) is 4.01. The average Bonchev–Trinajstić information content (AvgIpc) is 3.10. The minimum atomic E-state index is -0.395. The van der Waals surface area contributed by atoms with Crippen LogP contribution < -0.4 is 15.5 Å². The number of carbonyl (C=O) groups is 2. The third-order valence-corrected chi connectivity index (χ3v) is 3.94. The fourth-order valence-corrected chi connectivity index (χ4v) is 2.80. The smallest absolute Gasteiger partial charge is 0.321 e. The number of nitrogens with one attached hydrogen (secondary N) is 2. The van der Waals surface area contributed by atoms with Gasteiger partial charge in [-0.15, -0.1) is 11.3 Å². The first kappa shape index (κ1) is 14.5. The van der Waals surface area contributed by atoms with E-state index in [4.69, 9.17) is 0 Å². The first-order valence-electron chi connectivity index (χ1n) is 6.65. The number of carbonyl (C=O) groups excluding carboxylic acids is 2. The highest BCUT2D eigenvalue weighted by atomic mass is 32.1. The van der Waals surface area contributed by atoms with Gasteiger partial charge in [0.2, 0.25) is 5.91 Å². The van der Waals surface area contributed by atoms with Crippen LogP contribution in [0.1, 0.15) is 6.42 Å². The Hall–Kier alpha value is -2.48. The van der Waals surface area contributed by atoms with Crippen molar-refractivity contribution in [2.45, 2.75) is 12.5 Å². The Labute approximate surface area is 130 Å². The van der Waals surface area contributed by atoms with Crippen LogP contribution in [0.25, 0.3) is 0 Å². The molecule has 2 aromatic rings. The zero-order valence-electron chi connectivity index (χ0n) is 11.5. The van der Waals surface area contributed by atoms with E-state index in [-0.39, 0.29) is 24.2 Å². The van der Waals surface area contributed by atoms with Gasteiger partial charge >= 0.3 is 6.03 Å². The van der Waals surface area contributed by atoms with Crippen LogP contribution in [0.3, 0.4) is 0 Å². The molecule has 1 fully saturated rings. The number of hydrogen-bond acceptors (Lipinski definition) is 4. The minimum absolute atomic E-state index is 0.105. The molecule has 1 aliphatic rings. The predicted octanol–water partition coefficient (Wildman–Crippen LogP) is 2.21. The maximum atomic E-state index is 12.9. The third kappa shape index (κ3) is 3.22. The fraction of sp³-hybridized carbons (Fsp3) is 0.214. The molecule has 0 saturated carbocycles. The molecule has 8 heteroatoms. The highest BCUT2D eigenvalue weighted by molar-refractivity contribution is 7.13. The maximum absolute atomic E-state index is 12.9. The quantitative estimate of drug-likeness (QED) is 0.910. The second-order valence-corrected chi connectivity index (χ2v) is 5.71. The van der Waals surface area contributed by atoms with Crippen molar-refractivity contribution in [3.63, 3.8) is 0 Å². The summed E-state index contributed by atoms with van der Waals surface area (Å²) in [6.07, 6.45) is 1.80. The predicted molar refractivity (Wildman–Crippen MR) is 81.4 cm³/mol. The second kappa shape index (κ2) is 6.10. The van der Waals surface area contributed by atoms with Gasteiger partial charge in [0.1, 0.15) is 5.82 Å². The number of thiazole rings is 1. The highest BCUT2D eigenvalue weighted by Gasteiger charge is 2.31. The van der Waals surface area contributed by atoms with E-state index >= 15 is 0 Å². The SMILES string of the molecule is O=C(Nc1nccs1)N[C@H]1CC(=O)N(c2ccc(F)cc2)C1. The summed E-state index contributed by atoms with van der Waals surface area (Å²) >= 11 is 1.31. The van der Waals surface area contributed by atoms with Gasteiger partial charge in [0.25, 0.3) is 0 Å². The van der Waals surface area contributed by atoms with Crippen LogP contribution in [0, 0.1) is 5.82 Å². The van der Waals surface area contributed by atoms with Gasteiger partial charge in [0.05, 0.1) is 6.04 Å². The molecule has 1 atom stereocenters. The molecule has 2 heterocycles. The lowest BCUT2D eigenvalue weighted by Crippen LogP contribution is -2.39. The summed E-state index contributed by atoms with van der Waals surface area (Å²) in [5, 5.41) is 7.59. The first-order chi connectivity index (χ1) is 10.6. The number of urea groups is 1. The summed E-state index contributed by atoms with van der Waals surface area (Å²) in [6, 6.07) is 5.01. The molecule has 3 rings (SSSR count). The van der Waals surface area contributed by atoms with E-state index in [1.54, 1.807) is 23.7 Å². The topological polar surface area (TPSA) is 74.3 Å². The maximum Gasteiger partial charge on any atom is 0.321 e. The summed E-state index contributed by atoms with van der Waals surface area (Å²) in [6.45, 7) is 0.357. The van der Waals surface area contributed by atoms with Crippen LogP contribution in [-0.4, -0.2) is 29.5 Å². The van der Waals surface area contributed by atoms with E-state index in [1.807, 2.05) is 0 Å². The molecule has 0 aliphatic carbocycles. The molecule has 1 saturated heterocycles. The molecule has 0 unspecified atom stereocenters. The summed E-state index contributed by atoms with van der Waals surface area (Å²) in [5.41, 5.74) is 0.621. The normalized spacial score (nSPS) is 17.6. The number of halogens is 1. The zero-order valence-corrected chi connectivity index (χ0v) is 12.3. The van der Waals surface area contributed by atoms with Gasteiger partial charge in [-0.2, -0.15) is 0 Å². The Morgan fingerprint density at radius 2 is 2.14 bits per heavy atom. The average molecular weight is 320 g/mol. The van der Waals surface area contributed by atoms with Crippen molar-refractivity contribution >= 4 is 34.1 Å². The standard InChI is InChI=1S/C14H13FN4O2S/c15-9-1-3-11(4-2-9)19-8-10(7-12(19)20)17-13(21)18-14-16-5-6-22-14/h1-6,10H,7-8H2,(H2,16,17,18,21)/t10-/m0/s1. The number of rotatable bonds is 3. The molecule has 1 aromatic carbocycles. The van der Waals surface area contributed by atoms with Gasteiger partial charge in [0, 0.05) is 30.2 Å². The zero-order chi connectivity index (χ0) is 15.5. The van der Waals surface area contributed by atoms with Crippen molar-refractivity contribution in [1.82, 2.24) is 10.3 Å².